The first kappa shape index (κ1) is 17.8. The number of nitrogens with one attached hydrogen (secondary N) is 2. The molecule has 1 rings (SSSR count). The van der Waals surface area contributed by atoms with E-state index < -0.39 is 17.7 Å². The Morgan fingerprint density at radius 2 is 1.81 bits per heavy atom. The van der Waals surface area contributed by atoms with Crippen molar-refractivity contribution in [3.8, 4) is 0 Å². The summed E-state index contributed by atoms with van der Waals surface area (Å²) in [6.45, 7) is 7.47. The minimum Gasteiger partial charge on any atom is -0.465 e. The molecule has 1 unspecified atom stereocenters. The van der Waals surface area contributed by atoms with Gasteiger partial charge in [0.1, 0.15) is 11.6 Å². The van der Waals surface area contributed by atoms with Gasteiger partial charge < -0.3 is 9.47 Å². The zero-order chi connectivity index (χ0) is 15.9. The number of hydrogen-bond acceptors (Lipinski definition) is 5. The lowest BCUT2D eigenvalue weighted by atomic mass is 9.84. The summed E-state index contributed by atoms with van der Waals surface area (Å²) in [5.41, 5.74) is 4.69. The van der Waals surface area contributed by atoms with Crippen LogP contribution in [0.2, 0.25) is 0 Å². The molecular weight excluding hydrogens is 272 g/mol. The van der Waals surface area contributed by atoms with Gasteiger partial charge in [-0.1, -0.05) is 19.3 Å². The van der Waals surface area contributed by atoms with Crippen LogP contribution >= 0.6 is 0 Å². The summed E-state index contributed by atoms with van der Waals surface area (Å²) in [5, 5.41) is 0. The number of hydrogen-bond donors (Lipinski definition) is 2. The Hall–Kier alpha value is -1.30. The van der Waals surface area contributed by atoms with E-state index in [1.165, 1.54) is 6.42 Å². The van der Waals surface area contributed by atoms with Crippen LogP contribution in [-0.2, 0) is 14.3 Å². The number of esters is 1. The molecule has 0 aromatic rings. The maximum Gasteiger partial charge on any atom is 0.422 e. The summed E-state index contributed by atoms with van der Waals surface area (Å²) in [4.78, 5) is 23.7. The van der Waals surface area contributed by atoms with Crippen LogP contribution in [0.4, 0.5) is 4.79 Å². The molecule has 6 heteroatoms. The van der Waals surface area contributed by atoms with Crippen molar-refractivity contribution in [2.45, 2.75) is 71.4 Å². The van der Waals surface area contributed by atoms with Gasteiger partial charge in [0.25, 0.3) is 0 Å². The third-order valence-corrected chi connectivity index (χ3v) is 3.39. The summed E-state index contributed by atoms with van der Waals surface area (Å²) in [6, 6.07) is -0.516. The molecule has 0 aliphatic heterocycles. The smallest absolute Gasteiger partial charge is 0.422 e. The molecule has 1 saturated carbocycles. The zero-order valence-corrected chi connectivity index (χ0v) is 13.5. The Balaban J connectivity index is 2.56. The monoisotopic (exact) mass is 300 g/mol. The van der Waals surface area contributed by atoms with E-state index in [0.29, 0.717) is 6.61 Å². The molecule has 0 radical (unpaired) electrons. The average Bonchev–Trinajstić information content (AvgIpc) is 2.38. The van der Waals surface area contributed by atoms with Crippen LogP contribution in [0.1, 0.15) is 59.8 Å². The standard InChI is InChI=1S/C15H28N2O4/c1-5-20-13(18)12(11-9-7-6-8-10-11)16-17-14(19)21-15(2,3)4/h11-12,16H,5-10H2,1-4H3,(H,17,19). The van der Waals surface area contributed by atoms with Crippen LogP contribution < -0.4 is 10.9 Å². The molecule has 2 N–H and O–H groups in total. The van der Waals surface area contributed by atoms with Gasteiger partial charge in [0.15, 0.2) is 0 Å². The maximum atomic E-state index is 12.1. The zero-order valence-electron chi connectivity index (χ0n) is 13.5. The highest BCUT2D eigenvalue weighted by Gasteiger charge is 2.31. The van der Waals surface area contributed by atoms with Crippen LogP contribution in [-0.4, -0.2) is 30.3 Å². The molecule has 1 fully saturated rings. The first-order chi connectivity index (χ1) is 9.83. The molecule has 0 aromatic carbocycles. The van der Waals surface area contributed by atoms with Crippen molar-refractivity contribution in [1.82, 2.24) is 10.9 Å². The van der Waals surface area contributed by atoms with Gasteiger partial charge in [-0.05, 0) is 46.5 Å². The Labute approximate surface area is 126 Å². The lowest BCUT2D eigenvalue weighted by Gasteiger charge is -2.29. The van der Waals surface area contributed by atoms with Crippen molar-refractivity contribution in [3.05, 3.63) is 0 Å². The van der Waals surface area contributed by atoms with E-state index >= 15 is 0 Å². The van der Waals surface area contributed by atoms with Crippen molar-refractivity contribution in [1.29, 1.82) is 0 Å². The third kappa shape index (κ3) is 6.80. The molecule has 0 bridgehead atoms. The second kappa shape index (κ2) is 8.22. The summed E-state index contributed by atoms with van der Waals surface area (Å²) >= 11 is 0. The molecule has 1 amide bonds. The van der Waals surface area contributed by atoms with Crippen LogP contribution in [0.3, 0.4) is 0 Å². The Morgan fingerprint density at radius 1 is 1.19 bits per heavy atom. The summed E-state index contributed by atoms with van der Waals surface area (Å²) in [5.74, 6) is -0.131. The lowest BCUT2D eigenvalue weighted by Crippen LogP contribution is -2.53. The molecule has 6 nitrogen and oxygen atoms in total. The topological polar surface area (TPSA) is 76.7 Å². The summed E-state index contributed by atoms with van der Waals surface area (Å²) < 4.78 is 10.2. The van der Waals surface area contributed by atoms with Crippen LogP contribution in [0, 0.1) is 5.92 Å². The molecule has 21 heavy (non-hydrogen) atoms. The van der Waals surface area contributed by atoms with E-state index in [1.807, 2.05) is 0 Å². The highest BCUT2D eigenvalue weighted by Crippen LogP contribution is 2.26. The van der Waals surface area contributed by atoms with Crippen molar-refractivity contribution < 1.29 is 19.1 Å². The minimum atomic E-state index is -0.590. The van der Waals surface area contributed by atoms with Crippen LogP contribution in [0.15, 0.2) is 0 Å². The molecule has 0 aromatic heterocycles. The number of ether oxygens (including phenoxy) is 2. The number of rotatable bonds is 5. The first-order valence-corrected chi connectivity index (χ1v) is 7.74. The van der Waals surface area contributed by atoms with Gasteiger partial charge in [0.2, 0.25) is 0 Å². The van der Waals surface area contributed by atoms with E-state index in [0.717, 1.165) is 25.7 Å². The molecule has 0 heterocycles. The fourth-order valence-electron chi connectivity index (χ4n) is 2.51. The van der Waals surface area contributed by atoms with E-state index in [1.54, 1.807) is 27.7 Å². The Bertz CT molecular complexity index is 346. The third-order valence-electron chi connectivity index (χ3n) is 3.39. The fraction of sp³-hybridized carbons (Fsp3) is 0.867. The minimum absolute atomic E-state index is 0.188. The van der Waals surface area contributed by atoms with Gasteiger partial charge in [0, 0.05) is 0 Å². The number of carbonyl (C=O) groups is 2. The second-order valence-electron chi connectivity index (χ2n) is 6.40. The summed E-state index contributed by atoms with van der Waals surface area (Å²) in [7, 11) is 0. The normalized spacial score (nSPS) is 17.9. The van der Waals surface area contributed by atoms with E-state index in [9.17, 15) is 9.59 Å². The maximum absolute atomic E-state index is 12.1. The van der Waals surface area contributed by atoms with Gasteiger partial charge >= 0.3 is 12.1 Å². The first-order valence-electron chi connectivity index (χ1n) is 7.74. The fourth-order valence-corrected chi connectivity index (χ4v) is 2.51. The van der Waals surface area contributed by atoms with Gasteiger partial charge in [0.05, 0.1) is 6.61 Å². The van der Waals surface area contributed by atoms with Crippen molar-refractivity contribution in [2.75, 3.05) is 6.61 Å². The summed E-state index contributed by atoms with van der Waals surface area (Å²) in [6.07, 6.45) is 4.75. The second-order valence-corrected chi connectivity index (χ2v) is 6.40. The molecule has 0 saturated heterocycles. The van der Waals surface area contributed by atoms with Crippen molar-refractivity contribution >= 4 is 12.1 Å². The quantitative estimate of drug-likeness (QED) is 0.602. The van der Waals surface area contributed by atoms with Gasteiger partial charge in [-0.3, -0.25) is 10.2 Å². The number of amides is 1. The van der Waals surface area contributed by atoms with E-state index in [4.69, 9.17) is 9.47 Å². The van der Waals surface area contributed by atoms with Crippen molar-refractivity contribution in [3.63, 3.8) is 0 Å². The number of carbonyl (C=O) groups excluding carboxylic acids is 2. The number of hydrazine groups is 1. The largest absolute Gasteiger partial charge is 0.465 e. The molecule has 0 spiro atoms. The molecular formula is C15H28N2O4. The highest BCUT2D eigenvalue weighted by atomic mass is 16.6. The SMILES string of the molecule is CCOC(=O)C(NNC(=O)OC(C)(C)C)C1CCCCC1. The van der Waals surface area contributed by atoms with Crippen LogP contribution in [0.5, 0.6) is 0 Å². The lowest BCUT2D eigenvalue weighted by molar-refractivity contribution is -0.147. The molecule has 122 valence electrons. The highest BCUT2D eigenvalue weighted by molar-refractivity contribution is 5.77. The van der Waals surface area contributed by atoms with Crippen LogP contribution in [0.25, 0.3) is 0 Å². The molecule has 1 aliphatic carbocycles. The van der Waals surface area contributed by atoms with Gasteiger partial charge in [-0.25, -0.2) is 10.2 Å². The van der Waals surface area contributed by atoms with Gasteiger partial charge in [-0.2, -0.15) is 0 Å². The predicted octanol–water partition coefficient (Wildman–Crippen LogP) is 2.53. The Morgan fingerprint density at radius 3 is 2.33 bits per heavy atom. The van der Waals surface area contributed by atoms with Gasteiger partial charge in [-0.15, -0.1) is 0 Å². The molecule has 1 aliphatic rings. The predicted molar refractivity (Wildman–Crippen MR) is 79.5 cm³/mol. The van der Waals surface area contributed by atoms with E-state index in [-0.39, 0.29) is 11.9 Å². The van der Waals surface area contributed by atoms with Crippen molar-refractivity contribution in [2.24, 2.45) is 5.92 Å². The Kier molecular flexibility index (Phi) is 6.95. The average molecular weight is 300 g/mol. The molecule has 1 atom stereocenters. The van der Waals surface area contributed by atoms with E-state index in [2.05, 4.69) is 10.9 Å².